The van der Waals surface area contributed by atoms with E-state index in [2.05, 4.69) is 15.3 Å². The van der Waals surface area contributed by atoms with Gasteiger partial charge in [0.25, 0.3) is 5.91 Å². The van der Waals surface area contributed by atoms with Crippen molar-refractivity contribution in [1.82, 2.24) is 15.3 Å². The van der Waals surface area contributed by atoms with Gasteiger partial charge in [-0.2, -0.15) is 0 Å². The molecule has 0 saturated carbocycles. The van der Waals surface area contributed by atoms with Gasteiger partial charge < -0.3 is 10.1 Å². The highest BCUT2D eigenvalue weighted by molar-refractivity contribution is 6.22. The van der Waals surface area contributed by atoms with Gasteiger partial charge in [0, 0.05) is 23.9 Å². The zero-order valence-corrected chi connectivity index (χ0v) is 13.1. The smallest absolute Gasteiger partial charge is 0.270 e. The van der Waals surface area contributed by atoms with Crippen LogP contribution in [0.5, 0.6) is 0 Å². The molecule has 0 bridgehead atoms. The van der Waals surface area contributed by atoms with E-state index in [1.54, 1.807) is 0 Å². The summed E-state index contributed by atoms with van der Waals surface area (Å²) >= 11 is 0. The Labute approximate surface area is 133 Å². The molecule has 7 heteroatoms. The number of hydrogen-bond acceptors (Lipinski definition) is 6. The summed E-state index contributed by atoms with van der Waals surface area (Å²) in [6, 6.07) is 1.45. The Hall–Kier alpha value is -2.83. The van der Waals surface area contributed by atoms with Crippen molar-refractivity contribution < 1.29 is 19.1 Å². The summed E-state index contributed by atoms with van der Waals surface area (Å²) in [5.74, 6) is -1.21. The molecule has 2 rings (SSSR count). The van der Waals surface area contributed by atoms with E-state index >= 15 is 0 Å². The van der Waals surface area contributed by atoms with E-state index in [1.165, 1.54) is 31.8 Å². The number of ether oxygens (including phenoxy) is 1. The second-order valence-corrected chi connectivity index (χ2v) is 5.24. The van der Waals surface area contributed by atoms with E-state index in [9.17, 15) is 14.4 Å². The lowest BCUT2D eigenvalue weighted by Gasteiger charge is -2.20. The molecule has 0 radical (unpaired) electrons. The van der Waals surface area contributed by atoms with Crippen LogP contribution < -0.4 is 5.32 Å². The van der Waals surface area contributed by atoms with Gasteiger partial charge in [-0.25, -0.2) is 9.97 Å². The summed E-state index contributed by atoms with van der Waals surface area (Å²) in [4.78, 5) is 44.0. The Morgan fingerprint density at radius 3 is 2.65 bits per heavy atom. The van der Waals surface area contributed by atoms with Crippen LogP contribution in [0.3, 0.4) is 0 Å². The van der Waals surface area contributed by atoms with E-state index in [4.69, 9.17) is 4.74 Å². The van der Waals surface area contributed by atoms with Crippen molar-refractivity contribution in [2.45, 2.75) is 13.8 Å². The van der Waals surface area contributed by atoms with Crippen molar-refractivity contribution in [3.8, 4) is 0 Å². The Morgan fingerprint density at radius 2 is 2.09 bits per heavy atom. The van der Waals surface area contributed by atoms with Crippen molar-refractivity contribution in [3.05, 3.63) is 47.3 Å². The lowest BCUT2D eigenvalue weighted by Crippen LogP contribution is -2.32. The van der Waals surface area contributed by atoms with Gasteiger partial charge >= 0.3 is 0 Å². The molecule has 0 atom stereocenters. The third kappa shape index (κ3) is 3.50. The molecule has 1 aromatic rings. The number of amides is 1. The summed E-state index contributed by atoms with van der Waals surface area (Å²) in [6.45, 7) is 3.55. The average molecular weight is 315 g/mol. The first kappa shape index (κ1) is 16.5. The van der Waals surface area contributed by atoms with Gasteiger partial charge in [-0.3, -0.25) is 14.4 Å². The molecule has 0 aromatic carbocycles. The van der Waals surface area contributed by atoms with Crippen LogP contribution in [0.2, 0.25) is 0 Å². The number of nitrogens with zero attached hydrogens (tertiary/aromatic N) is 2. The van der Waals surface area contributed by atoms with E-state index in [0.717, 1.165) is 0 Å². The number of ketones is 2. The molecule has 1 aliphatic rings. The summed E-state index contributed by atoms with van der Waals surface area (Å²) < 4.78 is 5.10. The van der Waals surface area contributed by atoms with Crippen LogP contribution >= 0.6 is 0 Å². The normalized spacial score (nSPS) is 14.9. The third-order valence-corrected chi connectivity index (χ3v) is 3.35. The van der Waals surface area contributed by atoms with Gasteiger partial charge in [-0.15, -0.1) is 0 Å². The maximum absolute atomic E-state index is 12.4. The van der Waals surface area contributed by atoms with Crippen LogP contribution in [-0.4, -0.2) is 41.1 Å². The first-order valence-corrected chi connectivity index (χ1v) is 7.07. The fourth-order valence-corrected chi connectivity index (χ4v) is 2.25. The monoisotopic (exact) mass is 315 g/mol. The molecule has 0 spiro atoms. The molecule has 1 aromatic heterocycles. The van der Waals surface area contributed by atoms with Crippen molar-refractivity contribution in [3.63, 3.8) is 0 Å². The lowest BCUT2D eigenvalue weighted by atomic mass is 9.88. The first-order chi connectivity index (χ1) is 11.0. The summed E-state index contributed by atoms with van der Waals surface area (Å²) in [5, 5.41) is 2.56. The zero-order chi connectivity index (χ0) is 17.0. The van der Waals surface area contributed by atoms with Crippen molar-refractivity contribution in [1.29, 1.82) is 0 Å². The summed E-state index contributed by atoms with van der Waals surface area (Å²) in [6.07, 6.45) is 3.95. The topological polar surface area (TPSA) is 98.2 Å². The van der Waals surface area contributed by atoms with E-state index < -0.39 is 11.7 Å². The molecule has 0 unspecified atom stereocenters. The van der Waals surface area contributed by atoms with E-state index in [0.29, 0.717) is 5.57 Å². The Balaban J connectivity index is 2.13. The molecule has 0 aliphatic heterocycles. The SMILES string of the molecule is COC1=C(C(C)C)C(=O)C=C(CNC(=O)c2ccncn2)C1=O. The quantitative estimate of drug-likeness (QED) is 0.809. The van der Waals surface area contributed by atoms with Crippen LogP contribution in [0.15, 0.2) is 41.6 Å². The second-order valence-electron chi connectivity index (χ2n) is 5.24. The zero-order valence-electron chi connectivity index (χ0n) is 13.1. The molecule has 1 aliphatic carbocycles. The van der Waals surface area contributed by atoms with Crippen molar-refractivity contribution in [2.75, 3.05) is 13.7 Å². The highest BCUT2D eigenvalue weighted by Crippen LogP contribution is 2.25. The van der Waals surface area contributed by atoms with Gasteiger partial charge in [0.15, 0.2) is 11.5 Å². The number of carbonyl (C=O) groups excluding carboxylic acids is 3. The lowest BCUT2D eigenvalue weighted by molar-refractivity contribution is -0.118. The number of nitrogens with one attached hydrogen (secondary N) is 1. The van der Waals surface area contributed by atoms with Crippen molar-refractivity contribution >= 4 is 17.5 Å². The number of carbonyl (C=O) groups is 3. The van der Waals surface area contributed by atoms with Gasteiger partial charge in [0.05, 0.1) is 7.11 Å². The van der Waals surface area contributed by atoms with Crippen molar-refractivity contribution in [2.24, 2.45) is 5.92 Å². The molecule has 7 nitrogen and oxygen atoms in total. The summed E-state index contributed by atoms with van der Waals surface area (Å²) in [7, 11) is 1.35. The molecule has 1 heterocycles. The molecule has 0 fully saturated rings. The maximum atomic E-state index is 12.4. The van der Waals surface area contributed by atoms with Crippen LogP contribution in [0.1, 0.15) is 24.3 Å². The van der Waals surface area contributed by atoms with Gasteiger partial charge in [0.1, 0.15) is 12.0 Å². The predicted molar refractivity (Wildman–Crippen MR) is 81.3 cm³/mol. The Kier molecular flexibility index (Phi) is 5.00. The Bertz CT molecular complexity index is 705. The van der Waals surface area contributed by atoms with Gasteiger partial charge in [-0.1, -0.05) is 13.8 Å². The standard InChI is InChI=1S/C16H17N3O4/c1-9(2)13-12(20)6-10(14(21)15(13)23-3)7-18-16(22)11-4-5-17-8-19-11/h4-6,8-9H,7H2,1-3H3,(H,18,22). The molecule has 23 heavy (non-hydrogen) atoms. The third-order valence-electron chi connectivity index (χ3n) is 3.35. The minimum atomic E-state index is -0.453. The molecular weight excluding hydrogens is 298 g/mol. The highest BCUT2D eigenvalue weighted by Gasteiger charge is 2.31. The van der Waals surface area contributed by atoms with Crippen LogP contribution in [-0.2, 0) is 14.3 Å². The number of Topliss-reactive ketones (excluding diaryl/α,β-unsaturated/α-hetero) is 1. The molecule has 1 amide bonds. The minimum Gasteiger partial charge on any atom is -0.492 e. The van der Waals surface area contributed by atoms with E-state index in [1.807, 2.05) is 13.8 Å². The van der Waals surface area contributed by atoms with E-state index in [-0.39, 0.29) is 35.3 Å². The van der Waals surface area contributed by atoms with Gasteiger partial charge in [-0.05, 0) is 18.1 Å². The first-order valence-electron chi connectivity index (χ1n) is 7.07. The van der Waals surface area contributed by atoms with Crippen LogP contribution in [0.4, 0.5) is 0 Å². The predicted octanol–water partition coefficient (Wildman–Crippen LogP) is 0.841. The molecule has 1 N–H and O–H groups in total. The second kappa shape index (κ2) is 6.95. The average Bonchev–Trinajstić information content (AvgIpc) is 2.54. The number of allylic oxidation sites excluding steroid dienone is 3. The number of aromatic nitrogens is 2. The number of rotatable bonds is 5. The highest BCUT2D eigenvalue weighted by atomic mass is 16.5. The molecule has 0 saturated heterocycles. The fourth-order valence-electron chi connectivity index (χ4n) is 2.25. The van der Waals surface area contributed by atoms with Crippen LogP contribution in [0, 0.1) is 5.92 Å². The molecular formula is C16H17N3O4. The fraction of sp³-hybridized carbons (Fsp3) is 0.312. The molecule has 120 valence electrons. The largest absolute Gasteiger partial charge is 0.492 e. The maximum Gasteiger partial charge on any atom is 0.270 e. The Morgan fingerprint density at radius 1 is 1.35 bits per heavy atom. The summed E-state index contributed by atoms with van der Waals surface area (Å²) in [5.41, 5.74) is 0.711. The minimum absolute atomic E-state index is 0.0405. The number of hydrogen-bond donors (Lipinski definition) is 1. The van der Waals surface area contributed by atoms with Crippen LogP contribution in [0.25, 0.3) is 0 Å². The van der Waals surface area contributed by atoms with Gasteiger partial charge in [0.2, 0.25) is 5.78 Å². The number of methoxy groups -OCH3 is 1.